The molecule has 0 amide bonds. The molecule has 0 heterocycles. The molecular formula is C15H16ClNO4S2. The molecule has 0 N–H and O–H groups in total. The van der Waals surface area contributed by atoms with Crippen LogP contribution in [0, 0.1) is 0 Å². The molecule has 0 bridgehead atoms. The molecule has 0 fully saturated rings. The second-order valence-electron chi connectivity index (χ2n) is 5.13. The van der Waals surface area contributed by atoms with Gasteiger partial charge in [-0.3, -0.25) is 0 Å². The van der Waals surface area contributed by atoms with Gasteiger partial charge in [-0.05, 0) is 35.9 Å². The number of nitrogens with zero attached hydrogens (tertiary/aromatic N) is 1. The van der Waals surface area contributed by atoms with Gasteiger partial charge in [-0.25, -0.2) is 16.8 Å². The van der Waals surface area contributed by atoms with Gasteiger partial charge in [0, 0.05) is 24.9 Å². The molecule has 0 saturated heterocycles. The second-order valence-corrected chi connectivity index (χ2v) is 9.63. The summed E-state index contributed by atoms with van der Waals surface area (Å²) >= 11 is 5.81. The van der Waals surface area contributed by atoms with Gasteiger partial charge in [0.25, 0.3) is 0 Å². The summed E-state index contributed by atoms with van der Waals surface area (Å²) in [6.45, 7) is 0.155. The van der Waals surface area contributed by atoms with Gasteiger partial charge in [-0.2, -0.15) is 4.31 Å². The summed E-state index contributed by atoms with van der Waals surface area (Å²) < 4.78 is 49.5. The first kappa shape index (κ1) is 17.9. The van der Waals surface area contributed by atoms with Crippen molar-refractivity contribution >= 4 is 31.5 Å². The van der Waals surface area contributed by atoms with Gasteiger partial charge in [0.15, 0.2) is 9.84 Å². The van der Waals surface area contributed by atoms with E-state index in [1.165, 1.54) is 31.3 Å². The van der Waals surface area contributed by atoms with Crippen LogP contribution >= 0.6 is 11.6 Å². The van der Waals surface area contributed by atoms with Gasteiger partial charge < -0.3 is 0 Å². The van der Waals surface area contributed by atoms with Crippen molar-refractivity contribution in [3.05, 3.63) is 59.1 Å². The van der Waals surface area contributed by atoms with Crippen LogP contribution in [-0.4, -0.2) is 34.4 Å². The molecule has 124 valence electrons. The highest BCUT2D eigenvalue weighted by atomic mass is 35.5. The van der Waals surface area contributed by atoms with E-state index in [0.717, 1.165) is 16.1 Å². The molecule has 2 aromatic rings. The van der Waals surface area contributed by atoms with Gasteiger partial charge in [0.2, 0.25) is 10.0 Å². The Morgan fingerprint density at radius 2 is 1.52 bits per heavy atom. The highest BCUT2D eigenvalue weighted by molar-refractivity contribution is 7.91. The lowest BCUT2D eigenvalue weighted by atomic mass is 10.2. The third kappa shape index (κ3) is 4.32. The van der Waals surface area contributed by atoms with Crippen molar-refractivity contribution in [2.45, 2.75) is 16.3 Å². The Balaban J connectivity index is 2.32. The molecule has 0 aliphatic rings. The van der Waals surface area contributed by atoms with Gasteiger partial charge in [0.05, 0.1) is 9.79 Å². The van der Waals surface area contributed by atoms with Gasteiger partial charge in [-0.15, -0.1) is 0 Å². The lowest BCUT2D eigenvalue weighted by Gasteiger charge is -2.17. The monoisotopic (exact) mass is 373 g/mol. The first-order valence-electron chi connectivity index (χ1n) is 6.61. The Bertz CT molecular complexity index is 907. The number of sulfonamides is 1. The Hall–Kier alpha value is -1.41. The molecule has 0 aliphatic heterocycles. The fraction of sp³-hybridized carbons (Fsp3) is 0.200. The Kier molecular flexibility index (Phi) is 5.15. The van der Waals surface area contributed by atoms with E-state index < -0.39 is 19.9 Å². The van der Waals surface area contributed by atoms with Crippen LogP contribution in [0.5, 0.6) is 0 Å². The fourth-order valence-corrected chi connectivity index (χ4v) is 4.05. The Morgan fingerprint density at radius 3 is 2.09 bits per heavy atom. The average molecular weight is 374 g/mol. The summed E-state index contributed by atoms with van der Waals surface area (Å²) in [7, 11) is -5.83. The minimum absolute atomic E-state index is 0.0292. The third-order valence-electron chi connectivity index (χ3n) is 3.26. The van der Waals surface area contributed by atoms with E-state index in [9.17, 15) is 16.8 Å². The zero-order valence-corrected chi connectivity index (χ0v) is 15.0. The van der Waals surface area contributed by atoms with Gasteiger partial charge in [-0.1, -0.05) is 29.8 Å². The largest absolute Gasteiger partial charge is 0.243 e. The zero-order valence-electron chi connectivity index (χ0n) is 12.6. The molecule has 0 unspecified atom stereocenters. The van der Waals surface area contributed by atoms with Crippen LogP contribution in [0.1, 0.15) is 5.56 Å². The number of sulfone groups is 1. The Morgan fingerprint density at radius 1 is 0.957 bits per heavy atom. The molecule has 2 rings (SSSR count). The van der Waals surface area contributed by atoms with Crippen molar-refractivity contribution in [1.29, 1.82) is 0 Å². The molecule has 0 radical (unpaired) electrons. The van der Waals surface area contributed by atoms with Crippen molar-refractivity contribution in [3.8, 4) is 0 Å². The molecule has 0 aromatic heterocycles. The van der Waals surface area contributed by atoms with E-state index in [1.54, 1.807) is 24.3 Å². The summed E-state index contributed by atoms with van der Waals surface area (Å²) in [5.74, 6) is 0. The highest BCUT2D eigenvalue weighted by Gasteiger charge is 2.22. The van der Waals surface area contributed by atoms with Crippen LogP contribution in [0.25, 0.3) is 0 Å². The van der Waals surface area contributed by atoms with Gasteiger partial charge in [0.1, 0.15) is 0 Å². The first-order chi connectivity index (χ1) is 10.6. The number of hydrogen-bond donors (Lipinski definition) is 0. The number of hydrogen-bond acceptors (Lipinski definition) is 4. The van der Waals surface area contributed by atoms with E-state index in [0.29, 0.717) is 5.02 Å². The number of rotatable bonds is 5. The maximum atomic E-state index is 12.6. The minimum Gasteiger partial charge on any atom is -0.224 e. The number of halogens is 1. The highest BCUT2D eigenvalue weighted by Crippen LogP contribution is 2.20. The molecule has 0 saturated carbocycles. The minimum atomic E-state index is -3.79. The van der Waals surface area contributed by atoms with E-state index >= 15 is 0 Å². The predicted molar refractivity (Wildman–Crippen MR) is 89.7 cm³/mol. The third-order valence-corrected chi connectivity index (χ3v) is 6.42. The summed E-state index contributed by atoms with van der Waals surface area (Å²) in [6.07, 6.45) is 1.04. The summed E-state index contributed by atoms with van der Waals surface area (Å²) in [6, 6.07) is 12.2. The smallest absolute Gasteiger partial charge is 0.224 e. The molecule has 0 atom stereocenters. The number of benzene rings is 2. The second kappa shape index (κ2) is 6.60. The van der Waals surface area contributed by atoms with Crippen LogP contribution in [-0.2, 0) is 26.4 Å². The molecule has 23 heavy (non-hydrogen) atoms. The van der Waals surface area contributed by atoms with Crippen molar-refractivity contribution in [1.82, 2.24) is 4.31 Å². The summed E-state index contributed by atoms with van der Waals surface area (Å²) in [5, 5.41) is 0.570. The van der Waals surface area contributed by atoms with Crippen molar-refractivity contribution in [3.63, 3.8) is 0 Å². The molecule has 0 aliphatic carbocycles. The van der Waals surface area contributed by atoms with E-state index in [4.69, 9.17) is 11.6 Å². The van der Waals surface area contributed by atoms with E-state index in [-0.39, 0.29) is 16.3 Å². The zero-order chi connectivity index (χ0) is 17.3. The molecule has 8 heteroatoms. The van der Waals surface area contributed by atoms with Crippen LogP contribution < -0.4 is 0 Å². The van der Waals surface area contributed by atoms with Crippen LogP contribution in [0.4, 0.5) is 0 Å². The predicted octanol–water partition coefficient (Wildman–Crippen LogP) is 2.56. The lowest BCUT2D eigenvalue weighted by molar-refractivity contribution is 0.466. The fourth-order valence-electron chi connectivity index (χ4n) is 1.98. The topological polar surface area (TPSA) is 71.5 Å². The van der Waals surface area contributed by atoms with Crippen molar-refractivity contribution in [2.24, 2.45) is 0 Å². The quantitative estimate of drug-likeness (QED) is 0.807. The standard InChI is InChI=1S/C15H16ClNO4S2/c1-17(11-12-6-8-13(16)9-7-12)23(20,21)15-5-3-4-14(10-15)22(2,18)19/h3-10H,11H2,1-2H3. The molecule has 2 aromatic carbocycles. The van der Waals surface area contributed by atoms with E-state index in [1.807, 2.05) is 0 Å². The summed E-state index contributed by atoms with van der Waals surface area (Å²) in [4.78, 5) is -0.0876. The molecule has 5 nitrogen and oxygen atoms in total. The molecule has 0 spiro atoms. The van der Waals surface area contributed by atoms with E-state index in [2.05, 4.69) is 0 Å². The first-order valence-corrected chi connectivity index (χ1v) is 10.3. The maximum Gasteiger partial charge on any atom is 0.243 e. The lowest BCUT2D eigenvalue weighted by Crippen LogP contribution is -2.26. The summed E-state index contributed by atoms with van der Waals surface area (Å²) in [5.41, 5.74) is 0.778. The normalized spacial score (nSPS) is 12.5. The van der Waals surface area contributed by atoms with Crippen molar-refractivity contribution in [2.75, 3.05) is 13.3 Å². The van der Waals surface area contributed by atoms with Crippen LogP contribution in [0.2, 0.25) is 5.02 Å². The Labute approximate surface area is 141 Å². The van der Waals surface area contributed by atoms with Crippen molar-refractivity contribution < 1.29 is 16.8 Å². The van der Waals surface area contributed by atoms with Crippen LogP contribution in [0.3, 0.4) is 0 Å². The SMILES string of the molecule is CN(Cc1ccc(Cl)cc1)S(=O)(=O)c1cccc(S(C)(=O)=O)c1. The average Bonchev–Trinajstić information content (AvgIpc) is 2.49. The van der Waals surface area contributed by atoms with Gasteiger partial charge >= 0.3 is 0 Å². The maximum absolute atomic E-state index is 12.6. The van der Waals surface area contributed by atoms with Crippen LogP contribution in [0.15, 0.2) is 58.3 Å². The molecular weight excluding hydrogens is 358 g/mol.